The van der Waals surface area contributed by atoms with Crippen LogP contribution >= 0.6 is 15.9 Å². The molecule has 2 atom stereocenters. The zero-order valence-electron chi connectivity index (χ0n) is 10.7. The van der Waals surface area contributed by atoms with Crippen molar-refractivity contribution >= 4 is 21.8 Å². The topological polar surface area (TPSA) is 40.5 Å². The van der Waals surface area contributed by atoms with Gasteiger partial charge < -0.3 is 10.0 Å². The number of halogens is 1. The Bertz CT molecular complexity index is 461. The molecule has 1 N–H and O–H groups in total. The monoisotopic (exact) mass is 311 g/mol. The summed E-state index contributed by atoms with van der Waals surface area (Å²) in [6.45, 7) is 5.07. The fourth-order valence-electron chi connectivity index (χ4n) is 2.55. The quantitative estimate of drug-likeness (QED) is 0.863. The van der Waals surface area contributed by atoms with E-state index in [0.29, 0.717) is 11.5 Å². The first-order valence-electron chi connectivity index (χ1n) is 6.28. The molecular formula is C14H18BrNO2. The average molecular weight is 312 g/mol. The van der Waals surface area contributed by atoms with Gasteiger partial charge in [0.05, 0.1) is 5.56 Å². The third-order valence-corrected chi connectivity index (χ3v) is 4.08. The first kappa shape index (κ1) is 13.4. The highest BCUT2D eigenvalue weighted by Gasteiger charge is 2.28. The number of phenolic OH excluding ortho intramolecular Hbond substituents is 1. The summed E-state index contributed by atoms with van der Waals surface area (Å²) < 4.78 is 0.775. The van der Waals surface area contributed by atoms with Crippen LogP contribution in [0.4, 0.5) is 0 Å². The molecule has 4 heteroatoms. The lowest BCUT2D eigenvalue weighted by molar-refractivity contribution is 0.0585. The zero-order chi connectivity index (χ0) is 13.3. The first-order chi connectivity index (χ1) is 8.49. The standard InChI is InChI=1S/C14H18BrNO2/c1-9-5-6-16(10(2)7-9)14(18)12-4-3-11(15)8-13(12)17/h3-4,8-10,17H,5-7H2,1-2H3. The molecule has 0 bridgehead atoms. The molecule has 0 spiro atoms. The van der Waals surface area contributed by atoms with Crippen molar-refractivity contribution < 1.29 is 9.90 Å². The van der Waals surface area contributed by atoms with E-state index in [2.05, 4.69) is 29.8 Å². The molecule has 0 saturated carbocycles. The number of hydrogen-bond acceptors (Lipinski definition) is 2. The van der Waals surface area contributed by atoms with Gasteiger partial charge in [-0.3, -0.25) is 4.79 Å². The van der Waals surface area contributed by atoms with Crippen molar-refractivity contribution in [2.75, 3.05) is 6.54 Å². The fourth-order valence-corrected chi connectivity index (χ4v) is 2.90. The van der Waals surface area contributed by atoms with Crippen molar-refractivity contribution in [3.63, 3.8) is 0 Å². The molecule has 1 aromatic carbocycles. The van der Waals surface area contributed by atoms with Gasteiger partial charge in [-0.15, -0.1) is 0 Å². The highest BCUT2D eigenvalue weighted by molar-refractivity contribution is 9.10. The van der Waals surface area contributed by atoms with Crippen LogP contribution in [-0.2, 0) is 0 Å². The number of rotatable bonds is 1. The SMILES string of the molecule is CC1CCN(C(=O)c2ccc(Br)cc2O)C(C)C1. The van der Waals surface area contributed by atoms with Gasteiger partial charge in [-0.2, -0.15) is 0 Å². The van der Waals surface area contributed by atoms with E-state index in [1.165, 1.54) is 0 Å². The molecule has 1 heterocycles. The van der Waals surface area contributed by atoms with Gasteiger partial charge in [0.15, 0.2) is 0 Å². The van der Waals surface area contributed by atoms with Gasteiger partial charge in [0.1, 0.15) is 5.75 Å². The Hall–Kier alpha value is -1.03. The molecule has 3 nitrogen and oxygen atoms in total. The molecule has 1 amide bonds. The molecule has 1 fully saturated rings. The maximum Gasteiger partial charge on any atom is 0.257 e. The predicted molar refractivity (Wildman–Crippen MR) is 74.7 cm³/mol. The third kappa shape index (κ3) is 2.69. The average Bonchev–Trinajstić information content (AvgIpc) is 2.28. The van der Waals surface area contributed by atoms with Crippen LogP contribution in [0.25, 0.3) is 0 Å². The van der Waals surface area contributed by atoms with Gasteiger partial charge in [-0.1, -0.05) is 22.9 Å². The number of benzene rings is 1. The van der Waals surface area contributed by atoms with E-state index >= 15 is 0 Å². The molecule has 2 rings (SSSR count). The van der Waals surface area contributed by atoms with Gasteiger partial charge >= 0.3 is 0 Å². The maximum absolute atomic E-state index is 12.4. The molecule has 1 aliphatic rings. The Morgan fingerprint density at radius 2 is 2.17 bits per heavy atom. The Balaban J connectivity index is 2.20. The van der Waals surface area contributed by atoms with E-state index in [-0.39, 0.29) is 17.7 Å². The number of piperidine rings is 1. The van der Waals surface area contributed by atoms with Crippen molar-refractivity contribution in [3.8, 4) is 5.75 Å². The normalized spacial score (nSPS) is 24.1. The minimum atomic E-state index is -0.0700. The summed E-state index contributed by atoms with van der Waals surface area (Å²) in [6, 6.07) is 5.26. The number of likely N-dealkylation sites (tertiary alicyclic amines) is 1. The summed E-state index contributed by atoms with van der Waals surface area (Å²) in [5.74, 6) is 0.641. The second-order valence-electron chi connectivity index (χ2n) is 5.14. The molecule has 1 aromatic rings. The van der Waals surface area contributed by atoms with Crippen molar-refractivity contribution in [1.29, 1.82) is 0 Å². The van der Waals surface area contributed by atoms with E-state index < -0.39 is 0 Å². The first-order valence-corrected chi connectivity index (χ1v) is 7.08. The molecule has 0 aliphatic carbocycles. The van der Waals surface area contributed by atoms with Crippen LogP contribution in [0.15, 0.2) is 22.7 Å². The summed E-state index contributed by atoms with van der Waals surface area (Å²) in [6.07, 6.45) is 2.07. The summed E-state index contributed by atoms with van der Waals surface area (Å²) in [7, 11) is 0. The third-order valence-electron chi connectivity index (χ3n) is 3.59. The van der Waals surface area contributed by atoms with Crippen molar-refractivity contribution in [1.82, 2.24) is 4.90 Å². The van der Waals surface area contributed by atoms with Gasteiger partial charge in [0.2, 0.25) is 0 Å². The van der Waals surface area contributed by atoms with Crippen LogP contribution in [0.3, 0.4) is 0 Å². The van der Waals surface area contributed by atoms with Crippen LogP contribution in [0, 0.1) is 5.92 Å². The second-order valence-corrected chi connectivity index (χ2v) is 6.05. The Kier molecular flexibility index (Phi) is 3.95. The summed E-state index contributed by atoms with van der Waals surface area (Å²) >= 11 is 3.28. The Labute approximate surface area is 116 Å². The smallest absolute Gasteiger partial charge is 0.257 e. The lowest BCUT2D eigenvalue weighted by atomic mass is 9.93. The molecule has 98 valence electrons. The largest absolute Gasteiger partial charge is 0.507 e. The highest BCUT2D eigenvalue weighted by atomic mass is 79.9. The lowest BCUT2D eigenvalue weighted by Gasteiger charge is -2.36. The van der Waals surface area contributed by atoms with Crippen LogP contribution in [0.1, 0.15) is 37.0 Å². The van der Waals surface area contributed by atoms with Crippen LogP contribution in [0.2, 0.25) is 0 Å². The van der Waals surface area contributed by atoms with Crippen molar-refractivity contribution in [3.05, 3.63) is 28.2 Å². The number of aromatic hydroxyl groups is 1. The molecule has 2 unspecified atom stereocenters. The van der Waals surface area contributed by atoms with Crippen LogP contribution in [-0.4, -0.2) is 28.5 Å². The predicted octanol–water partition coefficient (Wildman–Crippen LogP) is 3.42. The number of hydrogen-bond donors (Lipinski definition) is 1. The number of amides is 1. The van der Waals surface area contributed by atoms with E-state index in [1.54, 1.807) is 18.2 Å². The van der Waals surface area contributed by atoms with Crippen LogP contribution in [0.5, 0.6) is 5.75 Å². The minimum absolute atomic E-state index is 0.0418. The van der Waals surface area contributed by atoms with E-state index in [4.69, 9.17) is 0 Å². The maximum atomic E-state index is 12.4. The Morgan fingerprint density at radius 1 is 1.44 bits per heavy atom. The Morgan fingerprint density at radius 3 is 2.78 bits per heavy atom. The van der Waals surface area contributed by atoms with Crippen molar-refractivity contribution in [2.24, 2.45) is 5.92 Å². The van der Waals surface area contributed by atoms with Gasteiger partial charge in [-0.05, 0) is 43.9 Å². The van der Waals surface area contributed by atoms with E-state index in [9.17, 15) is 9.90 Å². The van der Waals surface area contributed by atoms with Gasteiger partial charge in [0, 0.05) is 17.1 Å². The molecular weight excluding hydrogens is 294 g/mol. The van der Waals surface area contributed by atoms with Crippen molar-refractivity contribution in [2.45, 2.75) is 32.7 Å². The van der Waals surface area contributed by atoms with Gasteiger partial charge in [0.25, 0.3) is 5.91 Å². The molecule has 0 aromatic heterocycles. The molecule has 18 heavy (non-hydrogen) atoms. The minimum Gasteiger partial charge on any atom is -0.507 e. The highest BCUT2D eigenvalue weighted by Crippen LogP contribution is 2.28. The van der Waals surface area contributed by atoms with E-state index in [0.717, 1.165) is 23.9 Å². The van der Waals surface area contributed by atoms with Gasteiger partial charge in [-0.25, -0.2) is 0 Å². The molecule has 1 aliphatic heterocycles. The lowest BCUT2D eigenvalue weighted by Crippen LogP contribution is -2.44. The fraction of sp³-hybridized carbons (Fsp3) is 0.500. The van der Waals surface area contributed by atoms with Crippen LogP contribution < -0.4 is 0 Å². The summed E-state index contributed by atoms with van der Waals surface area (Å²) in [5.41, 5.74) is 0.389. The number of carbonyl (C=O) groups is 1. The molecule has 1 saturated heterocycles. The number of nitrogens with zero attached hydrogens (tertiary/aromatic N) is 1. The summed E-state index contributed by atoms with van der Waals surface area (Å²) in [5, 5.41) is 9.85. The number of phenols is 1. The molecule has 0 radical (unpaired) electrons. The zero-order valence-corrected chi connectivity index (χ0v) is 12.3. The summed E-state index contributed by atoms with van der Waals surface area (Å²) in [4.78, 5) is 14.3. The second kappa shape index (κ2) is 5.31. The number of carbonyl (C=O) groups excluding carboxylic acids is 1. The van der Waals surface area contributed by atoms with E-state index in [1.807, 2.05) is 4.90 Å².